The molecule has 19 heavy (non-hydrogen) atoms. The zero-order chi connectivity index (χ0) is 13.4. The Bertz CT molecular complexity index is 466. The topological polar surface area (TPSA) is 83.2 Å². The van der Waals surface area contributed by atoms with E-state index < -0.39 is 6.10 Å². The van der Waals surface area contributed by atoms with Crippen molar-refractivity contribution in [2.75, 3.05) is 26.1 Å². The first-order valence-electron chi connectivity index (χ1n) is 6.20. The lowest BCUT2D eigenvalue weighted by molar-refractivity contribution is 0.00860. The number of aliphatic hydroxyl groups is 1. The van der Waals surface area contributed by atoms with Crippen LogP contribution in [0.4, 0.5) is 5.69 Å². The van der Waals surface area contributed by atoms with Crippen molar-refractivity contribution in [1.29, 1.82) is 0 Å². The highest BCUT2D eigenvalue weighted by Gasteiger charge is 2.48. The molecule has 1 aromatic carbocycles. The second-order valence-corrected chi connectivity index (χ2v) is 4.72. The predicted octanol–water partition coefficient (Wildman–Crippen LogP) is 0.183. The van der Waals surface area contributed by atoms with E-state index in [0.29, 0.717) is 30.4 Å². The van der Waals surface area contributed by atoms with Gasteiger partial charge in [-0.25, -0.2) is 0 Å². The van der Waals surface area contributed by atoms with E-state index >= 15 is 0 Å². The standard InChI is InChI=1S/C13H17NO5/c1-16-10-4-7(2-3-8(10)14)19-11-6-18-12-9(15)5-17-13(11)12/h2-4,9,11-13,15H,5-6,14H2,1H3/t9-,11-,12-,13-/m1/s1. The van der Waals surface area contributed by atoms with Crippen LogP contribution in [-0.4, -0.2) is 49.8 Å². The fourth-order valence-corrected chi connectivity index (χ4v) is 2.48. The molecule has 0 aromatic heterocycles. The van der Waals surface area contributed by atoms with Crippen molar-refractivity contribution in [2.24, 2.45) is 0 Å². The molecular formula is C13H17NO5. The van der Waals surface area contributed by atoms with Crippen molar-refractivity contribution < 1.29 is 24.1 Å². The first-order chi connectivity index (χ1) is 9.19. The minimum atomic E-state index is -0.570. The van der Waals surface area contributed by atoms with Gasteiger partial charge in [0.05, 0.1) is 26.0 Å². The number of rotatable bonds is 3. The van der Waals surface area contributed by atoms with Crippen LogP contribution in [0.5, 0.6) is 11.5 Å². The Morgan fingerprint density at radius 1 is 1.26 bits per heavy atom. The van der Waals surface area contributed by atoms with E-state index in [4.69, 9.17) is 24.7 Å². The van der Waals surface area contributed by atoms with Crippen LogP contribution < -0.4 is 15.2 Å². The van der Waals surface area contributed by atoms with Gasteiger partial charge in [0, 0.05) is 6.07 Å². The zero-order valence-electron chi connectivity index (χ0n) is 10.6. The molecule has 0 saturated carbocycles. The molecule has 0 aliphatic carbocycles. The summed E-state index contributed by atoms with van der Waals surface area (Å²) in [5, 5.41) is 9.66. The minimum Gasteiger partial charge on any atom is -0.494 e. The third-order valence-electron chi connectivity index (χ3n) is 3.47. The maximum Gasteiger partial charge on any atom is 0.151 e. The molecular weight excluding hydrogens is 250 g/mol. The average Bonchev–Trinajstić information content (AvgIpc) is 2.96. The van der Waals surface area contributed by atoms with E-state index in [9.17, 15) is 5.11 Å². The Morgan fingerprint density at radius 2 is 2.05 bits per heavy atom. The molecule has 0 unspecified atom stereocenters. The summed E-state index contributed by atoms with van der Waals surface area (Å²) in [7, 11) is 1.56. The Kier molecular flexibility index (Phi) is 3.22. The molecule has 3 N–H and O–H groups in total. The fourth-order valence-electron chi connectivity index (χ4n) is 2.48. The molecule has 6 nitrogen and oxygen atoms in total. The van der Waals surface area contributed by atoms with E-state index in [1.165, 1.54) is 0 Å². The molecule has 104 valence electrons. The summed E-state index contributed by atoms with van der Waals surface area (Å²) in [6, 6.07) is 5.23. The number of methoxy groups -OCH3 is 1. The molecule has 2 heterocycles. The molecule has 2 saturated heterocycles. The number of fused-ring (bicyclic) bond motifs is 1. The van der Waals surface area contributed by atoms with E-state index in [1.807, 2.05) is 0 Å². The van der Waals surface area contributed by atoms with Crippen molar-refractivity contribution >= 4 is 5.69 Å². The summed E-state index contributed by atoms with van der Waals surface area (Å²) in [5.41, 5.74) is 6.31. The number of ether oxygens (including phenoxy) is 4. The summed E-state index contributed by atoms with van der Waals surface area (Å²) in [6.07, 6.45) is -1.31. The highest BCUT2D eigenvalue weighted by Crippen LogP contribution is 2.32. The molecule has 1 aromatic rings. The number of nitrogens with two attached hydrogens (primary N) is 1. The van der Waals surface area contributed by atoms with E-state index in [-0.39, 0.29) is 18.3 Å². The van der Waals surface area contributed by atoms with Crippen LogP contribution in [0.3, 0.4) is 0 Å². The molecule has 2 fully saturated rings. The Hall–Kier alpha value is -1.50. The summed E-state index contributed by atoms with van der Waals surface area (Å²) in [5.74, 6) is 1.21. The van der Waals surface area contributed by atoms with Crippen LogP contribution in [0.15, 0.2) is 18.2 Å². The van der Waals surface area contributed by atoms with Crippen molar-refractivity contribution in [2.45, 2.75) is 24.4 Å². The molecule has 0 spiro atoms. The molecule has 0 amide bonds. The summed E-state index contributed by atoms with van der Waals surface area (Å²) >= 11 is 0. The quantitative estimate of drug-likeness (QED) is 0.760. The van der Waals surface area contributed by atoms with E-state index in [0.717, 1.165) is 0 Å². The summed E-state index contributed by atoms with van der Waals surface area (Å²) in [4.78, 5) is 0. The Labute approximate surface area is 111 Å². The van der Waals surface area contributed by atoms with Gasteiger partial charge in [0.1, 0.15) is 29.8 Å². The second-order valence-electron chi connectivity index (χ2n) is 4.72. The number of benzene rings is 1. The van der Waals surface area contributed by atoms with Gasteiger partial charge >= 0.3 is 0 Å². The van der Waals surface area contributed by atoms with E-state index in [2.05, 4.69) is 0 Å². The second kappa shape index (κ2) is 4.88. The largest absolute Gasteiger partial charge is 0.494 e. The van der Waals surface area contributed by atoms with Crippen LogP contribution >= 0.6 is 0 Å². The van der Waals surface area contributed by atoms with Gasteiger partial charge in [0.15, 0.2) is 6.10 Å². The molecule has 2 aliphatic rings. The van der Waals surface area contributed by atoms with Gasteiger partial charge in [-0.15, -0.1) is 0 Å². The van der Waals surface area contributed by atoms with Gasteiger partial charge < -0.3 is 29.8 Å². The first kappa shape index (κ1) is 12.5. The van der Waals surface area contributed by atoms with Gasteiger partial charge in [-0.05, 0) is 12.1 Å². The van der Waals surface area contributed by atoms with Crippen LogP contribution in [0, 0.1) is 0 Å². The predicted molar refractivity (Wildman–Crippen MR) is 67.3 cm³/mol. The summed E-state index contributed by atoms with van der Waals surface area (Å²) in [6.45, 7) is 0.694. The number of hydrogen-bond donors (Lipinski definition) is 2. The Balaban J connectivity index is 1.72. The molecule has 4 atom stereocenters. The van der Waals surface area contributed by atoms with E-state index in [1.54, 1.807) is 25.3 Å². The first-order valence-corrected chi connectivity index (χ1v) is 6.20. The minimum absolute atomic E-state index is 0.224. The fraction of sp³-hybridized carbons (Fsp3) is 0.538. The lowest BCUT2D eigenvalue weighted by atomic mass is 10.1. The van der Waals surface area contributed by atoms with Crippen LogP contribution in [-0.2, 0) is 9.47 Å². The molecule has 2 aliphatic heterocycles. The van der Waals surface area contributed by atoms with Gasteiger partial charge in [0.25, 0.3) is 0 Å². The number of nitrogen functional groups attached to an aromatic ring is 1. The normalized spacial score (nSPS) is 33.2. The highest BCUT2D eigenvalue weighted by molar-refractivity contribution is 5.55. The van der Waals surface area contributed by atoms with Crippen molar-refractivity contribution in [3.8, 4) is 11.5 Å². The van der Waals surface area contributed by atoms with Crippen molar-refractivity contribution in [1.82, 2.24) is 0 Å². The van der Waals surface area contributed by atoms with Crippen LogP contribution in [0.2, 0.25) is 0 Å². The van der Waals surface area contributed by atoms with Crippen LogP contribution in [0.25, 0.3) is 0 Å². The Morgan fingerprint density at radius 3 is 2.84 bits per heavy atom. The average molecular weight is 267 g/mol. The maximum absolute atomic E-state index is 9.66. The van der Waals surface area contributed by atoms with Gasteiger partial charge in [-0.3, -0.25) is 0 Å². The van der Waals surface area contributed by atoms with Crippen molar-refractivity contribution in [3.63, 3.8) is 0 Å². The summed E-state index contributed by atoms with van der Waals surface area (Å²) < 4.78 is 22.0. The van der Waals surface area contributed by atoms with Crippen molar-refractivity contribution in [3.05, 3.63) is 18.2 Å². The zero-order valence-corrected chi connectivity index (χ0v) is 10.6. The maximum atomic E-state index is 9.66. The monoisotopic (exact) mass is 267 g/mol. The third-order valence-corrected chi connectivity index (χ3v) is 3.47. The molecule has 0 radical (unpaired) electrons. The van der Waals surface area contributed by atoms with Gasteiger partial charge in [-0.1, -0.05) is 0 Å². The molecule has 0 bridgehead atoms. The van der Waals surface area contributed by atoms with Gasteiger partial charge in [-0.2, -0.15) is 0 Å². The lowest BCUT2D eigenvalue weighted by Gasteiger charge is -2.18. The number of anilines is 1. The van der Waals surface area contributed by atoms with Crippen LogP contribution in [0.1, 0.15) is 0 Å². The molecule has 6 heteroatoms. The smallest absolute Gasteiger partial charge is 0.151 e. The lowest BCUT2D eigenvalue weighted by Crippen LogP contribution is -2.34. The number of aliphatic hydroxyl groups excluding tert-OH is 1. The number of hydrogen-bond acceptors (Lipinski definition) is 6. The SMILES string of the molecule is COc1cc(O[C@@H]2CO[C@H]3[C@@H]2OC[C@H]3O)ccc1N. The molecule has 3 rings (SSSR count). The highest BCUT2D eigenvalue weighted by atomic mass is 16.6. The third kappa shape index (κ3) is 2.22. The van der Waals surface area contributed by atoms with Gasteiger partial charge in [0.2, 0.25) is 0 Å².